The number of benzene rings is 1. The first-order valence-electron chi connectivity index (χ1n) is 8.54. The van der Waals surface area contributed by atoms with Crippen LogP contribution in [0, 0.1) is 6.92 Å². The number of hydrogen-bond donors (Lipinski definition) is 0. The molecule has 0 fully saturated rings. The van der Waals surface area contributed by atoms with Gasteiger partial charge in [-0.15, -0.1) is 21.5 Å². The number of ether oxygens (including phenoxy) is 1. The smallest absolute Gasteiger partial charge is 0.247 e. The van der Waals surface area contributed by atoms with Gasteiger partial charge in [0, 0.05) is 12.0 Å². The van der Waals surface area contributed by atoms with Crippen molar-refractivity contribution in [2.24, 2.45) is 0 Å². The molecular weight excluding hydrogens is 380 g/mol. The highest BCUT2D eigenvalue weighted by Crippen LogP contribution is 2.44. The number of aromatic nitrogens is 3. The normalized spacial score (nSPS) is 15.5. The van der Waals surface area contributed by atoms with Gasteiger partial charge < -0.3 is 4.74 Å². The van der Waals surface area contributed by atoms with E-state index in [1.165, 1.54) is 11.8 Å². The molecule has 27 heavy (non-hydrogen) atoms. The number of fused-ring (bicyclic) bond motifs is 3. The molecular formula is C19H18N4O2S2. The van der Waals surface area contributed by atoms with Crippen molar-refractivity contribution in [2.45, 2.75) is 31.7 Å². The molecule has 6 nitrogen and oxygen atoms in total. The fraction of sp³-hybridized carbons (Fsp3) is 0.263. The molecule has 1 aliphatic heterocycles. The summed E-state index contributed by atoms with van der Waals surface area (Å²) in [5.74, 6) is 0.372. The molecule has 0 radical (unpaired) electrons. The number of carbonyl (C=O) groups excluding carboxylic acids is 1. The summed E-state index contributed by atoms with van der Waals surface area (Å²) in [6.45, 7) is 3.87. The fourth-order valence-electron chi connectivity index (χ4n) is 3.05. The number of hydrogen-bond acceptors (Lipinski definition) is 7. The second kappa shape index (κ2) is 7.28. The van der Waals surface area contributed by atoms with Crippen molar-refractivity contribution in [1.29, 1.82) is 0 Å². The maximum atomic E-state index is 13.0. The lowest BCUT2D eigenvalue weighted by atomic mass is 10.1. The zero-order chi connectivity index (χ0) is 19.0. The Labute approximate surface area is 165 Å². The average molecular weight is 399 g/mol. The summed E-state index contributed by atoms with van der Waals surface area (Å²) in [7, 11) is 0. The van der Waals surface area contributed by atoms with E-state index in [9.17, 15) is 4.79 Å². The number of amides is 1. The largest absolute Gasteiger partial charge is 0.446 e. The number of thioether (sulfide) groups is 1. The molecule has 4 rings (SSSR count). The predicted molar refractivity (Wildman–Crippen MR) is 107 cm³/mol. The molecule has 0 spiro atoms. The van der Waals surface area contributed by atoms with Crippen molar-refractivity contribution in [3.05, 3.63) is 46.2 Å². The standard InChI is InChI=1S/C19H18N4O2S2/c1-4-14(24)23-13-8-6-5-7-12(13)15-17(20-19(26-3)22-21-15)25-18(23)16-11(2)9-10-27-16/h5-10,18H,4H2,1-3H3. The minimum absolute atomic E-state index is 0.0221. The summed E-state index contributed by atoms with van der Waals surface area (Å²) in [4.78, 5) is 20.2. The molecule has 1 atom stereocenters. The third-order valence-corrected chi connectivity index (χ3v) is 5.98. The minimum atomic E-state index is -0.591. The van der Waals surface area contributed by atoms with Gasteiger partial charge in [-0.05, 0) is 36.3 Å². The van der Waals surface area contributed by atoms with Crippen LogP contribution in [0.5, 0.6) is 5.88 Å². The second-order valence-corrected chi connectivity index (χ2v) is 7.75. The van der Waals surface area contributed by atoms with Crippen molar-refractivity contribution in [3.8, 4) is 17.1 Å². The van der Waals surface area contributed by atoms with Crippen molar-refractivity contribution in [1.82, 2.24) is 15.2 Å². The average Bonchev–Trinajstić information content (AvgIpc) is 3.07. The summed E-state index contributed by atoms with van der Waals surface area (Å²) in [5.41, 5.74) is 3.17. The van der Waals surface area contributed by atoms with Gasteiger partial charge in [-0.2, -0.15) is 4.98 Å². The van der Waals surface area contributed by atoms with Gasteiger partial charge in [-0.1, -0.05) is 36.9 Å². The van der Waals surface area contributed by atoms with Crippen molar-refractivity contribution >= 4 is 34.7 Å². The summed E-state index contributed by atoms with van der Waals surface area (Å²) in [6, 6.07) is 9.70. The summed E-state index contributed by atoms with van der Waals surface area (Å²) in [5, 5.41) is 11.1. The molecule has 1 unspecified atom stereocenters. The first-order valence-corrected chi connectivity index (χ1v) is 10.6. The van der Waals surface area contributed by atoms with E-state index < -0.39 is 6.23 Å². The zero-order valence-electron chi connectivity index (χ0n) is 15.2. The van der Waals surface area contributed by atoms with Gasteiger partial charge >= 0.3 is 0 Å². The number of aryl methyl sites for hydroxylation is 1. The van der Waals surface area contributed by atoms with E-state index in [1.807, 2.05) is 55.8 Å². The van der Waals surface area contributed by atoms with Crippen LogP contribution in [0.15, 0.2) is 40.9 Å². The van der Waals surface area contributed by atoms with Gasteiger partial charge in [-0.3, -0.25) is 9.69 Å². The Kier molecular flexibility index (Phi) is 4.84. The molecule has 0 bridgehead atoms. The van der Waals surface area contributed by atoms with Crippen LogP contribution in [-0.2, 0) is 4.79 Å². The summed E-state index contributed by atoms with van der Waals surface area (Å²) in [6.07, 6.45) is 1.66. The van der Waals surface area contributed by atoms with Gasteiger partial charge in [0.15, 0.2) is 5.69 Å². The Morgan fingerprint density at radius 2 is 2.11 bits per heavy atom. The molecule has 0 saturated carbocycles. The highest BCUT2D eigenvalue weighted by atomic mass is 32.2. The number of para-hydroxylation sites is 1. The van der Waals surface area contributed by atoms with Gasteiger partial charge in [0.05, 0.1) is 10.6 Å². The molecule has 2 aromatic heterocycles. The molecule has 0 N–H and O–H groups in total. The molecule has 1 amide bonds. The van der Waals surface area contributed by atoms with Gasteiger partial charge in [0.25, 0.3) is 0 Å². The fourth-order valence-corrected chi connectivity index (χ4v) is 4.29. The highest BCUT2D eigenvalue weighted by molar-refractivity contribution is 7.98. The van der Waals surface area contributed by atoms with Crippen LogP contribution in [0.4, 0.5) is 5.69 Å². The van der Waals surface area contributed by atoms with E-state index in [2.05, 4.69) is 15.2 Å². The summed E-state index contributed by atoms with van der Waals surface area (Å²) >= 11 is 2.97. The lowest BCUT2D eigenvalue weighted by Gasteiger charge is -2.30. The molecule has 8 heteroatoms. The lowest BCUT2D eigenvalue weighted by molar-refractivity contribution is -0.120. The zero-order valence-corrected chi connectivity index (χ0v) is 16.8. The van der Waals surface area contributed by atoms with Gasteiger partial charge in [0.2, 0.25) is 23.2 Å². The molecule has 0 aliphatic carbocycles. The lowest BCUT2D eigenvalue weighted by Crippen LogP contribution is -2.37. The number of anilines is 1. The second-order valence-electron chi connectivity index (χ2n) is 6.02. The number of rotatable bonds is 3. The molecule has 3 heterocycles. The van der Waals surface area contributed by atoms with Crippen LogP contribution in [-0.4, -0.2) is 27.3 Å². The number of nitrogens with zero attached hydrogens (tertiary/aromatic N) is 4. The van der Waals surface area contributed by atoms with Crippen LogP contribution in [0.2, 0.25) is 0 Å². The van der Waals surface area contributed by atoms with E-state index in [-0.39, 0.29) is 5.91 Å². The van der Waals surface area contributed by atoms with E-state index in [0.29, 0.717) is 23.2 Å². The maximum absolute atomic E-state index is 13.0. The summed E-state index contributed by atoms with van der Waals surface area (Å²) < 4.78 is 6.33. The SMILES string of the molecule is CCC(=O)N1c2ccccc2-c2nnc(SC)nc2OC1c1sccc1C. The van der Waals surface area contributed by atoms with E-state index in [4.69, 9.17) is 4.74 Å². The van der Waals surface area contributed by atoms with E-state index in [0.717, 1.165) is 21.7 Å². The number of thiophene rings is 1. The third-order valence-electron chi connectivity index (χ3n) is 4.39. The topological polar surface area (TPSA) is 68.2 Å². The predicted octanol–water partition coefficient (Wildman–Crippen LogP) is 4.46. The van der Waals surface area contributed by atoms with Crippen molar-refractivity contribution in [2.75, 3.05) is 11.2 Å². The first-order chi connectivity index (χ1) is 13.1. The molecule has 0 saturated heterocycles. The first kappa shape index (κ1) is 17.9. The van der Waals surface area contributed by atoms with Crippen LogP contribution < -0.4 is 9.64 Å². The minimum Gasteiger partial charge on any atom is -0.446 e. The molecule has 1 aromatic carbocycles. The van der Waals surface area contributed by atoms with Crippen LogP contribution in [0.1, 0.15) is 30.0 Å². The monoisotopic (exact) mass is 398 g/mol. The highest BCUT2D eigenvalue weighted by Gasteiger charge is 2.36. The van der Waals surface area contributed by atoms with E-state index >= 15 is 0 Å². The quantitative estimate of drug-likeness (QED) is 0.607. The van der Waals surface area contributed by atoms with Gasteiger partial charge in [0.1, 0.15) is 0 Å². The molecule has 1 aliphatic rings. The Hall–Kier alpha value is -2.45. The van der Waals surface area contributed by atoms with Crippen molar-refractivity contribution in [3.63, 3.8) is 0 Å². The Bertz CT molecular complexity index is 1000. The van der Waals surface area contributed by atoms with Crippen LogP contribution in [0.25, 0.3) is 11.3 Å². The number of carbonyl (C=O) groups is 1. The molecule has 3 aromatic rings. The Balaban J connectivity index is 1.99. The Morgan fingerprint density at radius 1 is 1.30 bits per heavy atom. The molecule has 138 valence electrons. The van der Waals surface area contributed by atoms with E-state index in [1.54, 1.807) is 16.2 Å². The van der Waals surface area contributed by atoms with Crippen molar-refractivity contribution < 1.29 is 9.53 Å². The maximum Gasteiger partial charge on any atom is 0.247 e. The van der Waals surface area contributed by atoms with Crippen LogP contribution in [0.3, 0.4) is 0 Å². The third kappa shape index (κ3) is 3.08. The van der Waals surface area contributed by atoms with Crippen LogP contribution >= 0.6 is 23.1 Å². The van der Waals surface area contributed by atoms with Gasteiger partial charge in [-0.25, -0.2) is 0 Å². The Morgan fingerprint density at radius 3 is 2.81 bits per heavy atom.